The van der Waals surface area contributed by atoms with Crippen LogP contribution in [-0.4, -0.2) is 0 Å². The summed E-state index contributed by atoms with van der Waals surface area (Å²) < 4.78 is 0. The quantitative estimate of drug-likeness (QED) is 0.415. The second kappa shape index (κ2) is 5.05. The van der Waals surface area contributed by atoms with Crippen molar-refractivity contribution in [3.8, 4) is 11.1 Å². The maximum absolute atomic E-state index is 5.73. The zero-order chi connectivity index (χ0) is 16.1. The summed E-state index contributed by atoms with van der Waals surface area (Å²) in [5.41, 5.74) is 9.41. The highest BCUT2D eigenvalue weighted by atomic mass is 14.5. The molecule has 1 heteroatoms. The molecule has 24 heavy (non-hydrogen) atoms. The van der Waals surface area contributed by atoms with E-state index in [9.17, 15) is 0 Å². The molecular formula is C23H17N. The fourth-order valence-corrected chi connectivity index (χ4v) is 3.81. The molecule has 5 aromatic carbocycles. The van der Waals surface area contributed by atoms with Crippen molar-refractivity contribution in [1.82, 2.24) is 0 Å². The zero-order valence-electron chi connectivity index (χ0n) is 13.3. The Morgan fingerprint density at radius 1 is 0.583 bits per heavy atom. The van der Waals surface area contributed by atoms with Gasteiger partial charge < -0.3 is 5.73 Å². The lowest BCUT2D eigenvalue weighted by Gasteiger charge is -2.14. The van der Waals surface area contributed by atoms with Gasteiger partial charge in [-0.15, -0.1) is 0 Å². The Morgan fingerprint density at radius 3 is 1.92 bits per heavy atom. The molecule has 0 fully saturated rings. The van der Waals surface area contributed by atoms with Gasteiger partial charge in [-0.1, -0.05) is 78.9 Å². The van der Waals surface area contributed by atoms with Crippen LogP contribution >= 0.6 is 0 Å². The molecule has 0 radical (unpaired) electrons. The molecule has 0 aliphatic heterocycles. The Labute approximate surface area is 140 Å². The van der Waals surface area contributed by atoms with Crippen molar-refractivity contribution in [2.24, 2.45) is 5.73 Å². The minimum absolute atomic E-state index is 0.582. The van der Waals surface area contributed by atoms with E-state index >= 15 is 0 Å². The molecule has 0 aromatic heterocycles. The molecule has 0 spiro atoms. The van der Waals surface area contributed by atoms with Gasteiger partial charge in [0, 0.05) is 6.54 Å². The van der Waals surface area contributed by atoms with E-state index in [1.165, 1.54) is 43.4 Å². The molecule has 2 N–H and O–H groups in total. The Hall–Kier alpha value is -2.90. The van der Waals surface area contributed by atoms with Crippen LogP contribution in [0.15, 0.2) is 78.9 Å². The maximum Gasteiger partial charge on any atom is 0.0178 e. The second-order valence-electron chi connectivity index (χ2n) is 6.37. The fourth-order valence-electron chi connectivity index (χ4n) is 3.81. The van der Waals surface area contributed by atoms with Crippen molar-refractivity contribution >= 4 is 32.3 Å². The summed E-state index contributed by atoms with van der Waals surface area (Å²) in [5, 5.41) is 7.97. The molecule has 0 atom stereocenters. The summed E-state index contributed by atoms with van der Waals surface area (Å²) in [6.45, 7) is 0.582. The van der Waals surface area contributed by atoms with Gasteiger partial charge in [0.25, 0.3) is 0 Å². The number of rotatable bonds is 2. The van der Waals surface area contributed by atoms with E-state index < -0.39 is 0 Å². The number of benzene rings is 5. The molecule has 0 saturated heterocycles. The van der Waals surface area contributed by atoms with Crippen LogP contribution in [0.25, 0.3) is 43.4 Å². The van der Waals surface area contributed by atoms with Gasteiger partial charge in [-0.05, 0) is 49.0 Å². The van der Waals surface area contributed by atoms with Gasteiger partial charge in [0.1, 0.15) is 0 Å². The fraction of sp³-hybridized carbons (Fsp3) is 0.0435. The van der Waals surface area contributed by atoms with Gasteiger partial charge in [0.2, 0.25) is 0 Å². The van der Waals surface area contributed by atoms with Crippen LogP contribution < -0.4 is 5.73 Å². The molecule has 0 heterocycles. The Balaban J connectivity index is 1.89. The monoisotopic (exact) mass is 307 g/mol. The standard InChI is InChI=1S/C23H17N/c24-14-15-4-6-16(7-5-15)20-12-10-19-9-8-17-2-1-3-18-11-13-21(20)23(19)22(17)18/h1-13H,14,24H2. The highest BCUT2D eigenvalue weighted by Crippen LogP contribution is 2.39. The molecule has 0 bridgehead atoms. The molecule has 0 aliphatic rings. The van der Waals surface area contributed by atoms with Crippen LogP contribution in [0, 0.1) is 0 Å². The van der Waals surface area contributed by atoms with E-state index in [0.717, 1.165) is 5.56 Å². The van der Waals surface area contributed by atoms with Crippen molar-refractivity contribution < 1.29 is 0 Å². The summed E-state index contributed by atoms with van der Waals surface area (Å²) in [6.07, 6.45) is 0. The summed E-state index contributed by atoms with van der Waals surface area (Å²) in [7, 11) is 0. The lowest BCUT2D eigenvalue weighted by atomic mass is 9.90. The summed E-state index contributed by atoms with van der Waals surface area (Å²) in [6, 6.07) is 28.5. The summed E-state index contributed by atoms with van der Waals surface area (Å²) in [5.74, 6) is 0. The first-order chi connectivity index (χ1) is 11.8. The van der Waals surface area contributed by atoms with E-state index in [2.05, 4.69) is 78.9 Å². The summed E-state index contributed by atoms with van der Waals surface area (Å²) in [4.78, 5) is 0. The molecule has 114 valence electrons. The van der Waals surface area contributed by atoms with Crippen LogP contribution in [0.4, 0.5) is 0 Å². The third-order valence-electron chi connectivity index (χ3n) is 5.03. The van der Waals surface area contributed by atoms with E-state index in [-0.39, 0.29) is 0 Å². The van der Waals surface area contributed by atoms with E-state index in [4.69, 9.17) is 5.73 Å². The molecular weight excluding hydrogens is 290 g/mol. The maximum atomic E-state index is 5.73. The molecule has 0 amide bonds. The van der Waals surface area contributed by atoms with Crippen molar-refractivity contribution in [3.63, 3.8) is 0 Å². The van der Waals surface area contributed by atoms with Gasteiger partial charge in [0.05, 0.1) is 0 Å². The highest BCUT2D eigenvalue weighted by Gasteiger charge is 2.11. The van der Waals surface area contributed by atoms with Crippen LogP contribution in [0.3, 0.4) is 0 Å². The van der Waals surface area contributed by atoms with E-state index in [1.807, 2.05) is 0 Å². The Bertz CT molecular complexity index is 1150. The van der Waals surface area contributed by atoms with Crippen LogP contribution in [0.5, 0.6) is 0 Å². The average molecular weight is 307 g/mol. The Kier molecular flexibility index (Phi) is 2.85. The smallest absolute Gasteiger partial charge is 0.0178 e. The van der Waals surface area contributed by atoms with E-state index in [0.29, 0.717) is 6.54 Å². The molecule has 0 saturated carbocycles. The third kappa shape index (κ3) is 1.85. The Morgan fingerprint density at radius 2 is 1.21 bits per heavy atom. The van der Waals surface area contributed by atoms with Gasteiger partial charge in [-0.2, -0.15) is 0 Å². The molecule has 5 aromatic rings. The second-order valence-corrected chi connectivity index (χ2v) is 6.37. The zero-order valence-corrected chi connectivity index (χ0v) is 13.3. The third-order valence-corrected chi connectivity index (χ3v) is 5.03. The first-order valence-corrected chi connectivity index (χ1v) is 8.31. The van der Waals surface area contributed by atoms with Crippen molar-refractivity contribution in [2.45, 2.75) is 6.54 Å². The molecule has 5 rings (SSSR count). The van der Waals surface area contributed by atoms with Crippen LogP contribution in [0.1, 0.15) is 5.56 Å². The van der Waals surface area contributed by atoms with Gasteiger partial charge >= 0.3 is 0 Å². The number of hydrogen-bond acceptors (Lipinski definition) is 1. The van der Waals surface area contributed by atoms with Gasteiger partial charge in [0.15, 0.2) is 0 Å². The van der Waals surface area contributed by atoms with Crippen molar-refractivity contribution in [3.05, 3.63) is 84.4 Å². The predicted molar refractivity (Wildman–Crippen MR) is 103 cm³/mol. The van der Waals surface area contributed by atoms with Gasteiger partial charge in [-0.25, -0.2) is 0 Å². The first-order valence-electron chi connectivity index (χ1n) is 8.31. The lowest BCUT2D eigenvalue weighted by Crippen LogP contribution is -1.95. The van der Waals surface area contributed by atoms with Gasteiger partial charge in [-0.3, -0.25) is 0 Å². The number of nitrogens with two attached hydrogens (primary N) is 1. The minimum Gasteiger partial charge on any atom is -0.326 e. The topological polar surface area (TPSA) is 26.0 Å². The number of hydrogen-bond donors (Lipinski definition) is 1. The predicted octanol–water partition coefficient (Wildman–Crippen LogP) is 5.71. The largest absolute Gasteiger partial charge is 0.326 e. The van der Waals surface area contributed by atoms with E-state index in [1.54, 1.807) is 0 Å². The molecule has 0 aliphatic carbocycles. The van der Waals surface area contributed by atoms with Crippen LogP contribution in [0.2, 0.25) is 0 Å². The SMILES string of the molecule is NCc1ccc(-c2ccc3ccc4cccc5ccc2c3c45)cc1. The summed E-state index contributed by atoms with van der Waals surface area (Å²) >= 11 is 0. The average Bonchev–Trinajstić information content (AvgIpc) is 2.66. The van der Waals surface area contributed by atoms with Crippen molar-refractivity contribution in [1.29, 1.82) is 0 Å². The highest BCUT2D eigenvalue weighted by molar-refractivity contribution is 6.25. The first kappa shape index (κ1) is 13.5. The molecule has 0 unspecified atom stereocenters. The van der Waals surface area contributed by atoms with Crippen molar-refractivity contribution in [2.75, 3.05) is 0 Å². The molecule has 1 nitrogen and oxygen atoms in total. The minimum atomic E-state index is 0.582. The lowest BCUT2D eigenvalue weighted by molar-refractivity contribution is 1.07. The normalized spacial score (nSPS) is 11.7. The van der Waals surface area contributed by atoms with Crippen LogP contribution in [-0.2, 0) is 6.54 Å².